The van der Waals surface area contributed by atoms with Gasteiger partial charge in [-0.2, -0.15) is 0 Å². The molecular formula is C24H35AsClN5O5. The molecule has 1 aliphatic heterocycles. The third-order valence-corrected chi connectivity index (χ3v) is 6.52. The molecule has 0 radical (unpaired) electrons. The number of rotatable bonds is 13. The van der Waals surface area contributed by atoms with Gasteiger partial charge >= 0.3 is 215 Å². The number of hydrogen-bond acceptors (Lipinski definition) is 9. The molecule has 2 aromatic rings. The fourth-order valence-corrected chi connectivity index (χ4v) is 4.74. The van der Waals surface area contributed by atoms with Gasteiger partial charge in [0.25, 0.3) is 0 Å². The van der Waals surface area contributed by atoms with Crippen molar-refractivity contribution in [1.82, 2.24) is 14.9 Å². The van der Waals surface area contributed by atoms with Crippen molar-refractivity contribution in [3.63, 3.8) is 0 Å². The molecular weight excluding hydrogens is 549 g/mol. The van der Waals surface area contributed by atoms with Gasteiger partial charge in [0.15, 0.2) is 0 Å². The second-order valence-electron chi connectivity index (χ2n) is 8.49. The molecule has 0 N–H and O–H groups in total. The minimum atomic E-state index is -0.496. The quantitative estimate of drug-likeness (QED) is 0.115. The number of esters is 1. The van der Waals surface area contributed by atoms with Gasteiger partial charge in [0.2, 0.25) is 0 Å². The summed E-state index contributed by atoms with van der Waals surface area (Å²) in [6, 6.07) is 8.17. The molecule has 1 atom stereocenters. The molecule has 0 saturated carbocycles. The van der Waals surface area contributed by atoms with Crippen molar-refractivity contribution in [2.24, 2.45) is 0 Å². The Balaban J connectivity index is 0.00000456. The Hall–Kier alpha value is -2.42. The number of aromatic nitrogens is 2. The van der Waals surface area contributed by atoms with E-state index in [4.69, 9.17) is 9.47 Å². The molecule has 12 heteroatoms. The number of anilines is 1. The van der Waals surface area contributed by atoms with Crippen LogP contribution < -0.4 is 14.1 Å². The molecule has 0 bridgehead atoms. The summed E-state index contributed by atoms with van der Waals surface area (Å²) < 4.78 is 11.1. The molecule has 1 saturated heterocycles. The maximum atomic E-state index is 12.5. The van der Waals surface area contributed by atoms with Crippen LogP contribution in [-0.4, -0.2) is 75.5 Å². The molecule has 1 aliphatic rings. The summed E-state index contributed by atoms with van der Waals surface area (Å²) in [5, 5.41) is 12.0. The average Bonchev–Trinajstić information content (AvgIpc) is 3.31. The van der Waals surface area contributed by atoms with Gasteiger partial charge in [0, 0.05) is 0 Å². The van der Waals surface area contributed by atoms with Gasteiger partial charge in [-0.1, -0.05) is 0 Å². The molecule has 3 rings (SSSR count). The van der Waals surface area contributed by atoms with E-state index < -0.39 is 10.9 Å². The molecule has 1 aromatic carbocycles. The van der Waals surface area contributed by atoms with Gasteiger partial charge in [-0.05, 0) is 0 Å². The van der Waals surface area contributed by atoms with E-state index in [9.17, 15) is 14.9 Å². The standard InChI is InChI=1S/C24H34AsN5O5.ClH/c1-3-5-13-35-24-26-22(25)21(30(32)33)23(27-24)29(17-20(31)34-4-2)16-19-10-8-9-18(14-19)15-28-11-6-7-12-28;/h8-10,14H,3-7,11-13,15-17,25H2,1-2H3;1H. The van der Waals surface area contributed by atoms with E-state index in [-0.39, 0.29) is 54.1 Å². The number of benzene rings is 1. The number of unbranched alkanes of at least 4 members (excludes halogenated alkanes) is 1. The van der Waals surface area contributed by atoms with Crippen LogP contribution in [0.3, 0.4) is 0 Å². The second kappa shape index (κ2) is 15.0. The van der Waals surface area contributed by atoms with Crippen LogP contribution >= 0.6 is 12.4 Å². The van der Waals surface area contributed by atoms with Gasteiger partial charge < -0.3 is 0 Å². The number of likely N-dealkylation sites (tertiary alicyclic amines) is 1. The zero-order chi connectivity index (χ0) is 25.2. The Labute approximate surface area is 226 Å². The summed E-state index contributed by atoms with van der Waals surface area (Å²) in [4.78, 5) is 36.5. The molecule has 198 valence electrons. The van der Waals surface area contributed by atoms with Gasteiger partial charge in [0.05, 0.1) is 0 Å². The maximum Gasteiger partial charge on any atom is -0.147 e. The number of halogens is 1. The van der Waals surface area contributed by atoms with Gasteiger partial charge in [0.1, 0.15) is 0 Å². The van der Waals surface area contributed by atoms with E-state index in [0.717, 1.165) is 54.9 Å². The first-order valence-corrected chi connectivity index (χ1v) is 13.3. The summed E-state index contributed by atoms with van der Waals surface area (Å²) in [5.74, 6) is -0.417. The summed E-state index contributed by atoms with van der Waals surface area (Å²) in [6.45, 7) is 7.52. The molecule has 2 heterocycles. The van der Waals surface area contributed by atoms with E-state index in [2.05, 4.69) is 27.0 Å². The summed E-state index contributed by atoms with van der Waals surface area (Å²) in [6.07, 6.45) is 4.18. The number of nitrogens with zero attached hydrogens (tertiary/aromatic N) is 5. The van der Waals surface area contributed by atoms with Crippen LogP contribution in [0.15, 0.2) is 24.3 Å². The third kappa shape index (κ3) is 8.60. The number of hydrogen-bond donors (Lipinski definition) is 0. The van der Waals surface area contributed by atoms with Gasteiger partial charge in [-0.25, -0.2) is 0 Å². The Morgan fingerprint density at radius 2 is 1.94 bits per heavy atom. The van der Waals surface area contributed by atoms with E-state index in [1.807, 2.05) is 19.1 Å². The molecule has 0 aliphatic carbocycles. The van der Waals surface area contributed by atoms with Crippen molar-refractivity contribution in [1.29, 1.82) is 0 Å². The van der Waals surface area contributed by atoms with Crippen LogP contribution in [0.2, 0.25) is 0 Å². The predicted molar refractivity (Wildman–Crippen MR) is 143 cm³/mol. The topological polar surface area (TPSA) is 111 Å². The van der Waals surface area contributed by atoms with Crippen LogP contribution in [-0.2, 0) is 22.6 Å². The van der Waals surface area contributed by atoms with Crippen molar-refractivity contribution in [2.75, 3.05) is 37.7 Å². The predicted octanol–water partition coefficient (Wildman–Crippen LogP) is 2.41. The third-order valence-electron chi connectivity index (χ3n) is 5.68. The van der Waals surface area contributed by atoms with E-state index >= 15 is 0 Å². The molecule has 1 aromatic heterocycles. The molecule has 1 fully saturated rings. The normalized spacial score (nSPS) is 13.2. The summed E-state index contributed by atoms with van der Waals surface area (Å²) in [7, 11) is 0. The smallest absolute Gasteiger partial charge is 0.147 e. The van der Waals surface area contributed by atoms with Crippen LogP contribution in [0.5, 0.6) is 6.01 Å². The number of nitro groups is 1. The SMILES string of the molecule is CCCCOc1nc([AsH2])c([N+](=O)[O-])c(N(CC(=O)OCC)Cc2cccc(CN3CCCC3)c2)n1.Cl. The van der Waals surface area contributed by atoms with Crippen LogP contribution in [0.4, 0.5) is 11.5 Å². The first-order chi connectivity index (χ1) is 16.9. The van der Waals surface area contributed by atoms with Crippen molar-refractivity contribution in [3.05, 3.63) is 45.5 Å². The van der Waals surface area contributed by atoms with Crippen molar-refractivity contribution < 1.29 is 19.2 Å². The zero-order valence-electron chi connectivity index (χ0n) is 20.9. The van der Waals surface area contributed by atoms with Crippen molar-refractivity contribution in [3.8, 4) is 6.01 Å². The van der Waals surface area contributed by atoms with Crippen molar-refractivity contribution >= 4 is 51.2 Å². The largest absolute Gasteiger partial charge is 0.147 e. The van der Waals surface area contributed by atoms with Gasteiger partial charge in [-0.3, -0.25) is 0 Å². The van der Waals surface area contributed by atoms with Crippen LogP contribution in [0.1, 0.15) is 50.7 Å². The molecule has 1 unspecified atom stereocenters. The molecule has 36 heavy (non-hydrogen) atoms. The van der Waals surface area contributed by atoms with Crippen LogP contribution in [0, 0.1) is 10.1 Å². The Bertz CT molecular complexity index is 1020. The number of ether oxygens (including phenoxy) is 2. The fraction of sp³-hybridized carbons (Fsp3) is 0.542. The minimum absolute atomic E-state index is 0. The summed E-state index contributed by atoms with van der Waals surface area (Å²) in [5.41, 5.74) is 1.88. The molecule has 0 amide bonds. The molecule has 0 spiro atoms. The van der Waals surface area contributed by atoms with E-state index in [1.165, 1.54) is 18.4 Å². The van der Waals surface area contributed by atoms with E-state index in [1.54, 1.807) is 11.8 Å². The Morgan fingerprint density at radius 1 is 1.22 bits per heavy atom. The Kier molecular flexibility index (Phi) is 12.4. The maximum absolute atomic E-state index is 12.5. The van der Waals surface area contributed by atoms with E-state index in [0.29, 0.717) is 6.61 Å². The second-order valence-corrected chi connectivity index (χ2v) is 9.63. The molecule has 10 nitrogen and oxygen atoms in total. The minimum Gasteiger partial charge on any atom is -0.147 e. The summed E-state index contributed by atoms with van der Waals surface area (Å²) >= 11 is 1.00. The van der Waals surface area contributed by atoms with Crippen LogP contribution in [0.25, 0.3) is 0 Å². The van der Waals surface area contributed by atoms with Crippen molar-refractivity contribution in [2.45, 2.75) is 52.6 Å². The first-order valence-electron chi connectivity index (χ1n) is 12.1. The first kappa shape index (κ1) is 29.8. The number of carbonyl (C=O) groups is 1. The fourth-order valence-electron chi connectivity index (χ4n) is 4.02. The average molecular weight is 584 g/mol. The monoisotopic (exact) mass is 583 g/mol. The van der Waals surface area contributed by atoms with Gasteiger partial charge in [-0.15, -0.1) is 12.4 Å². The Morgan fingerprint density at radius 3 is 2.61 bits per heavy atom. The number of carbonyl (C=O) groups excluding carboxylic acids is 1. The zero-order valence-corrected chi connectivity index (χ0v) is 24.1.